The van der Waals surface area contributed by atoms with Crippen LogP contribution >= 0.6 is 0 Å². The van der Waals surface area contributed by atoms with E-state index in [0.717, 1.165) is 11.1 Å². The number of hydrogen-bond acceptors (Lipinski definition) is 8. The van der Waals surface area contributed by atoms with Crippen molar-refractivity contribution in [3.05, 3.63) is 59.5 Å². The number of rotatable bonds is 7. The SMILES string of the molecule is Cc1cc(-c2nc3cnc(Oc4ccccc4F)nc3o2)cc(C)c1OCC(=O)N1CCC(C(=O)O)C1. The monoisotopic (exact) mass is 506 g/mol. The van der Waals surface area contributed by atoms with Crippen LogP contribution < -0.4 is 9.47 Å². The number of amides is 1. The number of carboxylic acid groups (broad SMARTS) is 1. The number of halogens is 1. The van der Waals surface area contributed by atoms with Gasteiger partial charge in [-0.1, -0.05) is 12.1 Å². The Morgan fingerprint density at radius 1 is 1.19 bits per heavy atom. The quantitative estimate of drug-likeness (QED) is 0.393. The van der Waals surface area contributed by atoms with Crippen LogP contribution in [0.2, 0.25) is 0 Å². The Labute approximate surface area is 210 Å². The van der Waals surface area contributed by atoms with Gasteiger partial charge in [0.2, 0.25) is 5.89 Å². The van der Waals surface area contributed by atoms with Crippen LogP contribution in [0.4, 0.5) is 4.39 Å². The number of nitrogens with zero attached hydrogens (tertiary/aromatic N) is 4. The molecule has 3 heterocycles. The van der Waals surface area contributed by atoms with E-state index in [1.807, 2.05) is 26.0 Å². The summed E-state index contributed by atoms with van der Waals surface area (Å²) in [4.78, 5) is 37.9. The zero-order valence-corrected chi connectivity index (χ0v) is 20.1. The van der Waals surface area contributed by atoms with Crippen LogP contribution in [-0.4, -0.2) is 56.5 Å². The third-order valence-electron chi connectivity index (χ3n) is 6.10. The molecule has 1 fully saturated rings. The number of carbonyl (C=O) groups excluding carboxylic acids is 1. The number of para-hydroxylation sites is 1. The molecule has 2 aromatic heterocycles. The minimum absolute atomic E-state index is 0.00616. The Bertz CT molecular complexity index is 1480. The highest BCUT2D eigenvalue weighted by atomic mass is 19.1. The molecule has 37 heavy (non-hydrogen) atoms. The van der Waals surface area contributed by atoms with E-state index in [-0.39, 0.29) is 36.5 Å². The van der Waals surface area contributed by atoms with Crippen LogP contribution in [-0.2, 0) is 9.59 Å². The highest BCUT2D eigenvalue weighted by Gasteiger charge is 2.31. The number of ether oxygens (including phenoxy) is 2. The summed E-state index contributed by atoms with van der Waals surface area (Å²) in [5.41, 5.74) is 2.80. The van der Waals surface area contributed by atoms with Gasteiger partial charge in [0.1, 0.15) is 11.3 Å². The molecule has 0 spiro atoms. The van der Waals surface area contributed by atoms with Crippen LogP contribution in [0.3, 0.4) is 0 Å². The zero-order valence-electron chi connectivity index (χ0n) is 20.1. The van der Waals surface area contributed by atoms with Gasteiger partial charge in [0.15, 0.2) is 18.2 Å². The highest BCUT2D eigenvalue weighted by molar-refractivity contribution is 5.80. The Morgan fingerprint density at radius 2 is 1.95 bits per heavy atom. The summed E-state index contributed by atoms with van der Waals surface area (Å²) >= 11 is 0. The van der Waals surface area contributed by atoms with E-state index in [0.29, 0.717) is 35.7 Å². The molecule has 11 heteroatoms. The molecule has 0 aliphatic carbocycles. The van der Waals surface area contributed by atoms with E-state index in [1.165, 1.54) is 23.2 Å². The molecule has 1 aliphatic rings. The number of aliphatic carboxylic acids is 1. The average molecular weight is 506 g/mol. The normalized spacial score (nSPS) is 15.2. The first kappa shape index (κ1) is 24.2. The largest absolute Gasteiger partial charge is 0.483 e. The first-order chi connectivity index (χ1) is 17.8. The average Bonchev–Trinajstić information content (AvgIpc) is 3.52. The summed E-state index contributed by atoms with van der Waals surface area (Å²) in [5.74, 6) is -1.36. The lowest BCUT2D eigenvalue weighted by Gasteiger charge is -2.18. The standard InChI is InChI=1S/C26H23FN4O6/c1-14-9-17(10-15(2)22(14)35-13-21(32)31-8-7-16(12-31)25(33)34)23-29-19-11-28-26(30-24(19)37-23)36-20-6-4-3-5-18(20)27/h3-6,9-11,16H,7-8,12-13H2,1-2H3,(H,33,34). The molecule has 0 radical (unpaired) electrons. The van der Waals surface area contributed by atoms with Crippen molar-refractivity contribution in [1.82, 2.24) is 19.9 Å². The number of aromatic nitrogens is 3. The van der Waals surface area contributed by atoms with E-state index in [1.54, 1.807) is 12.1 Å². The van der Waals surface area contributed by atoms with Crippen molar-refractivity contribution in [1.29, 1.82) is 0 Å². The summed E-state index contributed by atoms with van der Waals surface area (Å²) in [7, 11) is 0. The van der Waals surface area contributed by atoms with E-state index < -0.39 is 17.7 Å². The summed E-state index contributed by atoms with van der Waals surface area (Å²) in [6.45, 7) is 4.10. The van der Waals surface area contributed by atoms with Gasteiger partial charge in [0.25, 0.3) is 11.6 Å². The van der Waals surface area contributed by atoms with Crippen molar-refractivity contribution in [2.24, 2.45) is 5.92 Å². The maximum Gasteiger partial charge on any atom is 0.325 e. The van der Waals surface area contributed by atoms with Crippen molar-refractivity contribution < 1.29 is 33.0 Å². The molecule has 190 valence electrons. The topological polar surface area (TPSA) is 128 Å². The summed E-state index contributed by atoms with van der Waals surface area (Å²) in [5, 5.41) is 9.13. The molecule has 4 aromatic rings. The lowest BCUT2D eigenvalue weighted by Crippen LogP contribution is -2.34. The first-order valence-corrected chi connectivity index (χ1v) is 11.6. The molecule has 0 bridgehead atoms. The molecule has 1 atom stereocenters. The number of oxazole rings is 1. The molecule has 5 rings (SSSR count). The molecule has 10 nitrogen and oxygen atoms in total. The number of hydrogen-bond donors (Lipinski definition) is 1. The van der Waals surface area contributed by atoms with Crippen LogP contribution in [0.25, 0.3) is 22.7 Å². The van der Waals surface area contributed by atoms with E-state index in [4.69, 9.17) is 19.0 Å². The van der Waals surface area contributed by atoms with Crippen molar-refractivity contribution >= 4 is 23.1 Å². The van der Waals surface area contributed by atoms with Gasteiger partial charge in [-0.3, -0.25) is 9.59 Å². The van der Waals surface area contributed by atoms with Gasteiger partial charge in [0, 0.05) is 18.7 Å². The number of fused-ring (bicyclic) bond motifs is 1. The molecule has 2 aromatic carbocycles. The molecule has 1 saturated heterocycles. The predicted molar refractivity (Wildman–Crippen MR) is 129 cm³/mol. The van der Waals surface area contributed by atoms with Gasteiger partial charge >= 0.3 is 12.0 Å². The van der Waals surface area contributed by atoms with Gasteiger partial charge in [-0.05, 0) is 55.7 Å². The van der Waals surface area contributed by atoms with Crippen molar-refractivity contribution in [3.8, 4) is 29.0 Å². The van der Waals surface area contributed by atoms with Gasteiger partial charge < -0.3 is 23.9 Å². The molecule has 1 aliphatic heterocycles. The molecular weight excluding hydrogens is 483 g/mol. The molecule has 0 saturated carbocycles. The van der Waals surface area contributed by atoms with Crippen LogP contribution in [0.15, 0.2) is 47.0 Å². The minimum Gasteiger partial charge on any atom is -0.483 e. The third kappa shape index (κ3) is 5.06. The first-order valence-electron chi connectivity index (χ1n) is 11.6. The fourth-order valence-corrected chi connectivity index (χ4v) is 4.23. The lowest BCUT2D eigenvalue weighted by molar-refractivity contribution is -0.141. The third-order valence-corrected chi connectivity index (χ3v) is 6.10. The molecule has 1 N–H and O–H groups in total. The predicted octanol–water partition coefficient (Wildman–Crippen LogP) is 4.14. The Kier molecular flexibility index (Phi) is 6.43. The van der Waals surface area contributed by atoms with Gasteiger partial charge in [0.05, 0.1) is 12.1 Å². The molecule has 1 unspecified atom stereocenters. The second-order valence-corrected chi connectivity index (χ2v) is 8.79. The Morgan fingerprint density at radius 3 is 2.65 bits per heavy atom. The Hall–Kier alpha value is -4.54. The minimum atomic E-state index is -0.891. The molecule has 1 amide bonds. The Balaban J connectivity index is 1.30. The number of carbonyl (C=O) groups is 2. The maximum atomic E-state index is 13.9. The highest BCUT2D eigenvalue weighted by Crippen LogP contribution is 2.32. The van der Waals surface area contributed by atoms with Crippen molar-refractivity contribution in [3.63, 3.8) is 0 Å². The number of benzene rings is 2. The van der Waals surface area contributed by atoms with Crippen molar-refractivity contribution in [2.75, 3.05) is 19.7 Å². The second-order valence-electron chi connectivity index (χ2n) is 8.79. The van der Waals surface area contributed by atoms with E-state index in [2.05, 4.69) is 15.0 Å². The van der Waals surface area contributed by atoms with Crippen molar-refractivity contribution in [2.45, 2.75) is 20.3 Å². The number of carboxylic acids is 1. The summed E-state index contributed by atoms with van der Waals surface area (Å²) < 4.78 is 30.9. The number of likely N-dealkylation sites (tertiary alicyclic amines) is 1. The van der Waals surface area contributed by atoms with Crippen LogP contribution in [0, 0.1) is 25.6 Å². The van der Waals surface area contributed by atoms with E-state index >= 15 is 0 Å². The maximum absolute atomic E-state index is 13.9. The fraction of sp³-hybridized carbons (Fsp3) is 0.269. The summed E-state index contributed by atoms with van der Waals surface area (Å²) in [6, 6.07) is 9.49. The molecular formula is C26H23FN4O6. The number of aryl methyl sites for hydroxylation is 2. The smallest absolute Gasteiger partial charge is 0.325 e. The summed E-state index contributed by atoms with van der Waals surface area (Å²) in [6.07, 6.45) is 1.88. The van der Waals surface area contributed by atoms with E-state index in [9.17, 15) is 14.0 Å². The zero-order chi connectivity index (χ0) is 26.1. The lowest BCUT2D eigenvalue weighted by atomic mass is 10.1. The van der Waals surface area contributed by atoms with Crippen LogP contribution in [0.1, 0.15) is 17.5 Å². The second kappa shape index (κ2) is 9.84. The van der Waals surface area contributed by atoms with Gasteiger partial charge in [-0.2, -0.15) is 4.98 Å². The fourth-order valence-electron chi connectivity index (χ4n) is 4.23. The van der Waals surface area contributed by atoms with Gasteiger partial charge in [-0.25, -0.2) is 14.4 Å². The van der Waals surface area contributed by atoms with Gasteiger partial charge in [-0.15, -0.1) is 0 Å². The van der Waals surface area contributed by atoms with Crippen LogP contribution in [0.5, 0.6) is 17.5 Å².